The zero-order valence-electron chi connectivity index (χ0n) is 11.5. The van der Waals surface area contributed by atoms with E-state index in [1.54, 1.807) is 54.9 Å². The molecule has 6 nitrogen and oxygen atoms in total. The van der Waals surface area contributed by atoms with Gasteiger partial charge in [-0.25, -0.2) is 0 Å². The third-order valence-electron chi connectivity index (χ3n) is 3.07. The summed E-state index contributed by atoms with van der Waals surface area (Å²) in [6.07, 6.45) is 8.24. The molecule has 22 heavy (non-hydrogen) atoms. The van der Waals surface area contributed by atoms with E-state index in [4.69, 9.17) is 11.1 Å². The molecule has 1 amide bonds. The fourth-order valence-corrected chi connectivity index (χ4v) is 1.92. The Hall–Kier alpha value is -3.15. The minimum Gasteiger partial charge on any atom is -0.369 e. The lowest BCUT2D eigenvalue weighted by Crippen LogP contribution is -2.29. The van der Waals surface area contributed by atoms with E-state index in [9.17, 15) is 14.4 Å². The molecule has 1 heterocycles. The Morgan fingerprint density at radius 1 is 1.09 bits per heavy atom. The minimum atomic E-state index is -0.462. The number of amides is 1. The Kier molecular flexibility index (Phi) is 4.53. The van der Waals surface area contributed by atoms with Gasteiger partial charge in [0.1, 0.15) is 0 Å². The van der Waals surface area contributed by atoms with Crippen LogP contribution in [0.25, 0.3) is 10.8 Å². The molecule has 2 aromatic carbocycles. The van der Waals surface area contributed by atoms with Crippen molar-refractivity contribution in [3.8, 4) is 0 Å². The highest BCUT2D eigenvalue weighted by Gasteiger charge is 2.07. The zero-order valence-corrected chi connectivity index (χ0v) is 11.5. The summed E-state index contributed by atoms with van der Waals surface area (Å²) in [6.45, 7) is 0. The predicted octanol–water partition coefficient (Wildman–Crippen LogP) is 0.157. The first-order valence-corrected chi connectivity index (χ1v) is 6.45. The van der Waals surface area contributed by atoms with Gasteiger partial charge in [0.2, 0.25) is 16.8 Å². The van der Waals surface area contributed by atoms with E-state index < -0.39 is 16.2 Å². The van der Waals surface area contributed by atoms with E-state index in [1.807, 2.05) is 0 Å². The Morgan fingerprint density at radius 3 is 2.23 bits per heavy atom. The first kappa shape index (κ1) is 15.2. The number of allylic oxidation sites excluding steroid dienone is 1. The Morgan fingerprint density at radius 2 is 1.68 bits per heavy atom. The van der Waals surface area contributed by atoms with Crippen molar-refractivity contribution in [3.05, 3.63) is 74.5 Å². The number of nitrogens with one attached hydrogen (secondary N) is 1. The van der Waals surface area contributed by atoms with E-state index in [-0.39, 0.29) is 11.8 Å². The molecule has 1 aliphatic rings. The van der Waals surface area contributed by atoms with Gasteiger partial charge >= 0.3 is 0 Å². The van der Waals surface area contributed by atoms with Crippen LogP contribution < -0.4 is 21.9 Å². The molecule has 2 aromatic rings. The molecule has 110 valence electrons. The predicted molar refractivity (Wildman–Crippen MR) is 84.2 cm³/mol. The first-order valence-electron chi connectivity index (χ1n) is 6.45. The first-order chi connectivity index (χ1) is 10.5. The van der Waals surface area contributed by atoms with Crippen LogP contribution in [0.15, 0.2) is 63.3 Å². The summed E-state index contributed by atoms with van der Waals surface area (Å²) in [6, 6.07) is 6.50. The van der Waals surface area contributed by atoms with Gasteiger partial charge in [-0.1, -0.05) is 30.3 Å². The Labute approximate surface area is 125 Å². The standard InChI is InChI=1S/C9H5NO2.C7H8N2O/c10-7-8(11)5-3-1-2-4-6(5)9(7)12;8-7(10)6-2-1-4-9-5-3-6/h1-4,10H;1-6H,(H2,8,10). The Balaban J connectivity index is 0.000000164. The summed E-state index contributed by atoms with van der Waals surface area (Å²) in [7, 11) is 0. The number of benzene rings is 1. The van der Waals surface area contributed by atoms with Gasteiger partial charge in [-0.05, 0) is 12.2 Å². The van der Waals surface area contributed by atoms with Gasteiger partial charge < -0.3 is 5.73 Å². The van der Waals surface area contributed by atoms with E-state index in [1.165, 1.54) is 0 Å². The lowest BCUT2D eigenvalue weighted by molar-refractivity contribution is -0.119. The molecule has 3 N–H and O–H groups in total. The van der Waals surface area contributed by atoms with Crippen molar-refractivity contribution < 1.29 is 4.79 Å². The SMILES string of the molecule is N=c1c(=O)c2ccccc2c1=O.NC(=O)C1C=CC=NC=C1. The molecule has 0 bridgehead atoms. The smallest absolute Gasteiger partial charge is 0.228 e. The van der Waals surface area contributed by atoms with Crippen molar-refractivity contribution in [2.75, 3.05) is 0 Å². The zero-order chi connectivity index (χ0) is 16.1. The molecule has 0 spiro atoms. The molecule has 3 rings (SSSR count). The van der Waals surface area contributed by atoms with Gasteiger partial charge in [0.25, 0.3) is 0 Å². The summed E-state index contributed by atoms with van der Waals surface area (Å²) in [4.78, 5) is 36.7. The van der Waals surface area contributed by atoms with Gasteiger partial charge in [-0.2, -0.15) is 0 Å². The molecular weight excluding hydrogens is 282 g/mol. The molecule has 0 fully saturated rings. The van der Waals surface area contributed by atoms with E-state index in [0.29, 0.717) is 10.8 Å². The van der Waals surface area contributed by atoms with E-state index >= 15 is 0 Å². The highest BCUT2D eigenvalue weighted by atomic mass is 16.1. The van der Waals surface area contributed by atoms with Crippen molar-refractivity contribution in [1.29, 1.82) is 5.41 Å². The number of fused-ring (bicyclic) bond motifs is 1. The van der Waals surface area contributed by atoms with Crippen LogP contribution >= 0.6 is 0 Å². The fourth-order valence-electron chi connectivity index (χ4n) is 1.92. The van der Waals surface area contributed by atoms with Crippen LogP contribution in [0.5, 0.6) is 0 Å². The molecule has 0 radical (unpaired) electrons. The highest BCUT2D eigenvalue weighted by Crippen LogP contribution is 2.02. The molecule has 0 aliphatic carbocycles. The molecule has 1 atom stereocenters. The third-order valence-corrected chi connectivity index (χ3v) is 3.07. The molecule has 0 aromatic heterocycles. The summed E-state index contributed by atoms with van der Waals surface area (Å²) in [5, 5.41) is 7.44. The van der Waals surface area contributed by atoms with Crippen LogP contribution in [0, 0.1) is 11.3 Å². The van der Waals surface area contributed by atoms with E-state index in [2.05, 4.69) is 4.99 Å². The molecule has 1 unspecified atom stereocenters. The summed E-state index contributed by atoms with van der Waals surface area (Å²) in [5.41, 5.74) is 4.11. The van der Waals surface area contributed by atoms with Gasteiger partial charge in [-0.15, -0.1) is 0 Å². The monoisotopic (exact) mass is 295 g/mol. The van der Waals surface area contributed by atoms with Crippen LogP contribution in [0.4, 0.5) is 0 Å². The fraction of sp³-hybridized carbons (Fsp3) is 0.0625. The second kappa shape index (κ2) is 6.53. The van der Waals surface area contributed by atoms with Crippen LogP contribution in [-0.4, -0.2) is 12.1 Å². The molecule has 0 saturated carbocycles. The van der Waals surface area contributed by atoms with Gasteiger partial charge in [0.15, 0.2) is 5.36 Å². The third kappa shape index (κ3) is 3.12. The van der Waals surface area contributed by atoms with Crippen LogP contribution in [0.2, 0.25) is 0 Å². The maximum atomic E-state index is 11.2. The summed E-state index contributed by atoms with van der Waals surface area (Å²) in [5.74, 6) is -0.652. The topological polar surface area (TPSA) is 113 Å². The lowest BCUT2D eigenvalue weighted by Gasteiger charge is -1.97. The average Bonchev–Trinajstić information content (AvgIpc) is 2.75. The van der Waals surface area contributed by atoms with Gasteiger partial charge in [0.05, 0.1) is 5.92 Å². The van der Waals surface area contributed by atoms with E-state index in [0.717, 1.165) is 0 Å². The van der Waals surface area contributed by atoms with Crippen LogP contribution in [0.3, 0.4) is 0 Å². The number of hydrogen-bond acceptors (Lipinski definition) is 5. The maximum Gasteiger partial charge on any atom is 0.228 e. The average molecular weight is 295 g/mol. The number of hydrogen-bond donors (Lipinski definition) is 2. The second-order valence-electron chi connectivity index (χ2n) is 4.53. The lowest BCUT2D eigenvalue weighted by atomic mass is 10.1. The number of rotatable bonds is 1. The van der Waals surface area contributed by atoms with Crippen molar-refractivity contribution >= 4 is 22.9 Å². The molecule has 0 saturated heterocycles. The van der Waals surface area contributed by atoms with Crippen LogP contribution in [-0.2, 0) is 4.79 Å². The largest absolute Gasteiger partial charge is 0.369 e. The number of primary amides is 1. The molecular formula is C16H13N3O3. The number of nitrogens with zero attached hydrogens (tertiary/aromatic N) is 1. The van der Waals surface area contributed by atoms with Crippen molar-refractivity contribution in [2.24, 2.45) is 16.6 Å². The number of carbonyl (C=O) groups is 1. The second-order valence-corrected chi connectivity index (χ2v) is 4.53. The Bertz CT molecular complexity index is 866. The van der Waals surface area contributed by atoms with Crippen molar-refractivity contribution in [2.45, 2.75) is 0 Å². The quantitative estimate of drug-likeness (QED) is 0.781. The van der Waals surface area contributed by atoms with Gasteiger partial charge in [0, 0.05) is 23.2 Å². The van der Waals surface area contributed by atoms with Crippen LogP contribution in [0.1, 0.15) is 0 Å². The maximum absolute atomic E-state index is 11.2. The van der Waals surface area contributed by atoms with Crippen molar-refractivity contribution in [3.63, 3.8) is 0 Å². The summed E-state index contributed by atoms with van der Waals surface area (Å²) >= 11 is 0. The van der Waals surface area contributed by atoms with Crippen molar-refractivity contribution in [1.82, 2.24) is 0 Å². The minimum absolute atomic E-state index is 0.303. The molecule has 1 aliphatic heterocycles. The number of aliphatic imine (C=N–C) groups is 1. The normalized spacial score (nSPS) is 16.1. The number of nitrogens with two attached hydrogens (primary N) is 1. The highest BCUT2D eigenvalue weighted by molar-refractivity contribution is 5.83. The molecule has 6 heteroatoms. The number of carbonyl (C=O) groups excluding carboxylic acids is 1. The summed E-state index contributed by atoms with van der Waals surface area (Å²) < 4.78 is 0. The van der Waals surface area contributed by atoms with Gasteiger partial charge in [-0.3, -0.25) is 24.8 Å².